The summed E-state index contributed by atoms with van der Waals surface area (Å²) in [5.41, 5.74) is 3.01. The fraction of sp³-hybridized carbons (Fsp3) is 0.344. The SMILES string of the molecule is CCCCc1nc(-c2ccc(OCCCN(CC)CC)cc2)cn1-c1ccc(Oc2ccc(Cl)c(O)c2)cc1. The summed E-state index contributed by atoms with van der Waals surface area (Å²) >= 11 is 5.90. The van der Waals surface area contributed by atoms with Gasteiger partial charge in [-0.25, -0.2) is 4.98 Å². The van der Waals surface area contributed by atoms with E-state index in [4.69, 9.17) is 26.1 Å². The predicted molar refractivity (Wildman–Crippen MR) is 159 cm³/mol. The molecule has 0 unspecified atom stereocenters. The number of aromatic hydroxyl groups is 1. The first kappa shape index (κ1) is 28.5. The number of ether oxygens (including phenoxy) is 2. The third kappa shape index (κ3) is 7.78. The number of aromatic nitrogens is 2. The molecule has 3 aromatic carbocycles. The molecular weight excluding hydrogens is 510 g/mol. The van der Waals surface area contributed by atoms with Gasteiger partial charge < -0.3 is 24.0 Å². The Labute approximate surface area is 236 Å². The summed E-state index contributed by atoms with van der Waals surface area (Å²) in [6.07, 6.45) is 6.17. The molecule has 206 valence electrons. The first-order valence-electron chi connectivity index (χ1n) is 13.8. The van der Waals surface area contributed by atoms with Gasteiger partial charge >= 0.3 is 0 Å². The van der Waals surface area contributed by atoms with Gasteiger partial charge in [-0.2, -0.15) is 0 Å². The van der Waals surface area contributed by atoms with Crippen LogP contribution in [0.25, 0.3) is 16.9 Å². The van der Waals surface area contributed by atoms with Crippen molar-refractivity contribution in [3.8, 4) is 39.9 Å². The van der Waals surface area contributed by atoms with Crippen LogP contribution < -0.4 is 9.47 Å². The lowest BCUT2D eigenvalue weighted by Crippen LogP contribution is -2.25. The largest absolute Gasteiger partial charge is 0.506 e. The third-order valence-corrected chi connectivity index (χ3v) is 7.05. The number of hydrogen-bond acceptors (Lipinski definition) is 5. The van der Waals surface area contributed by atoms with Gasteiger partial charge in [0.15, 0.2) is 0 Å². The summed E-state index contributed by atoms with van der Waals surface area (Å²) in [7, 11) is 0. The maximum atomic E-state index is 9.84. The van der Waals surface area contributed by atoms with Crippen LogP contribution in [0.15, 0.2) is 72.9 Å². The van der Waals surface area contributed by atoms with Gasteiger partial charge in [-0.3, -0.25) is 0 Å². The van der Waals surface area contributed by atoms with Crippen LogP contribution >= 0.6 is 11.6 Å². The summed E-state index contributed by atoms with van der Waals surface area (Å²) in [6.45, 7) is 10.5. The topological polar surface area (TPSA) is 59.8 Å². The number of hydrogen-bond donors (Lipinski definition) is 1. The zero-order chi connectivity index (χ0) is 27.6. The van der Waals surface area contributed by atoms with E-state index in [-0.39, 0.29) is 5.75 Å². The molecule has 39 heavy (non-hydrogen) atoms. The van der Waals surface area contributed by atoms with Crippen molar-refractivity contribution < 1.29 is 14.6 Å². The lowest BCUT2D eigenvalue weighted by Gasteiger charge is -2.17. The molecule has 0 saturated carbocycles. The van der Waals surface area contributed by atoms with Crippen molar-refractivity contribution in [1.29, 1.82) is 0 Å². The highest BCUT2D eigenvalue weighted by Gasteiger charge is 2.12. The smallest absolute Gasteiger partial charge is 0.137 e. The summed E-state index contributed by atoms with van der Waals surface area (Å²) in [4.78, 5) is 7.40. The number of unbranched alkanes of at least 4 members (excludes halogenated alkanes) is 1. The highest BCUT2D eigenvalue weighted by molar-refractivity contribution is 6.32. The van der Waals surface area contributed by atoms with Crippen LogP contribution in [-0.4, -0.2) is 45.8 Å². The van der Waals surface area contributed by atoms with E-state index in [0.29, 0.717) is 23.1 Å². The van der Waals surface area contributed by atoms with Crippen molar-refractivity contribution >= 4 is 11.6 Å². The van der Waals surface area contributed by atoms with Crippen LogP contribution in [0, 0.1) is 0 Å². The minimum Gasteiger partial charge on any atom is -0.506 e. The molecule has 0 saturated heterocycles. The van der Waals surface area contributed by atoms with Crippen LogP contribution in [0.3, 0.4) is 0 Å². The fourth-order valence-electron chi connectivity index (χ4n) is 4.40. The number of phenols is 1. The van der Waals surface area contributed by atoms with Gasteiger partial charge in [0.2, 0.25) is 0 Å². The number of nitrogens with zero attached hydrogens (tertiary/aromatic N) is 3. The molecular formula is C32H38ClN3O3. The third-order valence-electron chi connectivity index (χ3n) is 6.73. The van der Waals surface area contributed by atoms with E-state index in [1.165, 1.54) is 6.07 Å². The van der Waals surface area contributed by atoms with E-state index in [9.17, 15) is 5.11 Å². The van der Waals surface area contributed by atoms with Gasteiger partial charge in [0.1, 0.15) is 28.8 Å². The van der Waals surface area contributed by atoms with Crippen molar-refractivity contribution in [3.63, 3.8) is 0 Å². The van der Waals surface area contributed by atoms with Gasteiger partial charge in [0, 0.05) is 36.5 Å². The maximum Gasteiger partial charge on any atom is 0.137 e. The quantitative estimate of drug-likeness (QED) is 0.161. The second kappa shape index (κ2) is 14.1. The van der Waals surface area contributed by atoms with Gasteiger partial charge in [-0.15, -0.1) is 0 Å². The maximum absolute atomic E-state index is 9.84. The molecule has 4 rings (SSSR count). The molecule has 7 heteroatoms. The molecule has 1 aromatic heterocycles. The lowest BCUT2D eigenvalue weighted by molar-refractivity contribution is 0.249. The Morgan fingerprint density at radius 3 is 2.23 bits per heavy atom. The molecule has 1 heterocycles. The molecule has 0 bridgehead atoms. The van der Waals surface area contributed by atoms with E-state index in [1.807, 2.05) is 36.4 Å². The van der Waals surface area contributed by atoms with Crippen LogP contribution in [0.4, 0.5) is 0 Å². The van der Waals surface area contributed by atoms with Gasteiger partial charge in [0.05, 0.1) is 17.3 Å². The molecule has 4 aromatic rings. The highest BCUT2D eigenvalue weighted by atomic mass is 35.5. The van der Waals surface area contributed by atoms with Crippen LogP contribution in [0.1, 0.15) is 45.9 Å². The molecule has 0 aliphatic heterocycles. The number of phenolic OH excluding ortho intramolecular Hbond substituents is 1. The zero-order valence-corrected chi connectivity index (χ0v) is 23.8. The van der Waals surface area contributed by atoms with Gasteiger partial charge in [-0.1, -0.05) is 38.8 Å². The van der Waals surface area contributed by atoms with Crippen molar-refractivity contribution in [2.24, 2.45) is 0 Å². The van der Waals surface area contributed by atoms with Crippen LogP contribution in [-0.2, 0) is 6.42 Å². The summed E-state index contributed by atoms with van der Waals surface area (Å²) < 4.78 is 14.0. The first-order chi connectivity index (χ1) is 19.0. The number of benzene rings is 3. The predicted octanol–water partition coefficient (Wildman–Crippen LogP) is 8.14. The molecule has 0 radical (unpaired) electrons. The molecule has 0 aliphatic rings. The van der Waals surface area contributed by atoms with Gasteiger partial charge in [0.25, 0.3) is 0 Å². The molecule has 0 aliphatic carbocycles. The molecule has 0 spiro atoms. The van der Waals surface area contributed by atoms with Crippen LogP contribution in [0.2, 0.25) is 5.02 Å². The van der Waals surface area contributed by atoms with E-state index in [0.717, 1.165) is 73.8 Å². The van der Waals surface area contributed by atoms with Crippen LogP contribution in [0.5, 0.6) is 23.0 Å². The molecule has 6 nitrogen and oxygen atoms in total. The Bertz CT molecular complexity index is 1320. The van der Waals surface area contributed by atoms with E-state index >= 15 is 0 Å². The van der Waals surface area contributed by atoms with Crippen molar-refractivity contribution in [2.75, 3.05) is 26.2 Å². The Kier molecular flexibility index (Phi) is 10.3. The number of halogens is 1. The lowest BCUT2D eigenvalue weighted by atomic mass is 10.1. The zero-order valence-electron chi connectivity index (χ0n) is 23.1. The number of aryl methyl sites for hydroxylation is 1. The first-order valence-corrected chi connectivity index (χ1v) is 14.2. The summed E-state index contributed by atoms with van der Waals surface area (Å²) in [5.74, 6) is 3.10. The Hall–Kier alpha value is -3.48. The Morgan fingerprint density at radius 2 is 1.56 bits per heavy atom. The number of imidazole rings is 1. The van der Waals surface area contributed by atoms with Crippen molar-refractivity contribution in [1.82, 2.24) is 14.5 Å². The molecule has 0 fully saturated rings. The Balaban J connectivity index is 1.46. The average molecular weight is 548 g/mol. The average Bonchev–Trinajstić information content (AvgIpc) is 3.39. The van der Waals surface area contributed by atoms with E-state index in [1.54, 1.807) is 12.1 Å². The second-order valence-electron chi connectivity index (χ2n) is 9.48. The molecule has 0 amide bonds. The minimum absolute atomic E-state index is 0.00724. The molecule has 1 N–H and O–H groups in total. The van der Waals surface area contributed by atoms with Gasteiger partial charge in [-0.05, 0) is 86.6 Å². The van der Waals surface area contributed by atoms with Crippen molar-refractivity contribution in [2.45, 2.75) is 46.5 Å². The Morgan fingerprint density at radius 1 is 0.872 bits per heavy atom. The molecule has 0 atom stereocenters. The number of rotatable bonds is 14. The monoisotopic (exact) mass is 547 g/mol. The highest BCUT2D eigenvalue weighted by Crippen LogP contribution is 2.31. The second-order valence-corrected chi connectivity index (χ2v) is 9.89. The minimum atomic E-state index is -0.00724. The van der Waals surface area contributed by atoms with Crippen molar-refractivity contribution in [3.05, 3.63) is 83.8 Å². The van der Waals surface area contributed by atoms with E-state index in [2.05, 4.69) is 48.6 Å². The summed E-state index contributed by atoms with van der Waals surface area (Å²) in [5, 5.41) is 10.1. The normalized spacial score (nSPS) is 11.2. The van der Waals surface area contributed by atoms with E-state index < -0.39 is 0 Å². The standard InChI is InChI=1S/C32H38ClN3O3/c1-4-7-9-32-34-30(24-10-14-26(15-11-24)38-21-8-20-35(5-2)6-3)23-36(32)25-12-16-27(17-13-25)39-28-18-19-29(33)31(37)22-28/h10-19,22-23,37H,4-9,20-21H2,1-3H3. The fourth-order valence-corrected chi connectivity index (χ4v) is 4.52. The summed E-state index contributed by atoms with van der Waals surface area (Å²) in [6, 6.07) is 20.9.